The van der Waals surface area contributed by atoms with Gasteiger partial charge in [0.15, 0.2) is 17.3 Å². The fourth-order valence-corrected chi connectivity index (χ4v) is 3.70. The highest BCUT2D eigenvalue weighted by molar-refractivity contribution is 5.88. The second-order valence-electron chi connectivity index (χ2n) is 8.07. The van der Waals surface area contributed by atoms with E-state index in [9.17, 15) is 45.3 Å². The molecule has 4 rings (SSSR count). The van der Waals surface area contributed by atoms with E-state index in [0.717, 1.165) is 31.2 Å². The maximum Gasteiger partial charge on any atom is 0.302 e. The minimum atomic E-state index is -1.89. The Bertz CT molecular complexity index is 1360. The molecule has 0 radical (unpaired) electrons. The van der Waals surface area contributed by atoms with E-state index < -0.39 is 82.8 Å². The van der Waals surface area contributed by atoms with Gasteiger partial charge >= 0.3 is 5.97 Å². The van der Waals surface area contributed by atoms with Crippen molar-refractivity contribution in [3.05, 3.63) is 40.6 Å². The summed E-state index contributed by atoms with van der Waals surface area (Å²) >= 11 is 0. The number of hydrogen-bond acceptors (Lipinski definition) is 13. The van der Waals surface area contributed by atoms with Crippen molar-refractivity contribution in [3.63, 3.8) is 0 Å². The Morgan fingerprint density at radius 1 is 0.944 bits per heavy atom. The normalized spacial score (nSPS) is 23.9. The molecule has 1 aliphatic rings. The number of fused-ring (bicyclic) bond motifs is 1. The summed E-state index contributed by atoms with van der Waals surface area (Å²) < 4.78 is 21.5. The molecule has 3 aromatic rings. The van der Waals surface area contributed by atoms with Crippen LogP contribution >= 0.6 is 0 Å². The van der Waals surface area contributed by atoms with Gasteiger partial charge in [-0.1, -0.05) is 0 Å². The highest BCUT2D eigenvalue weighted by atomic mass is 16.7. The van der Waals surface area contributed by atoms with Gasteiger partial charge < -0.3 is 54.4 Å². The van der Waals surface area contributed by atoms with Gasteiger partial charge in [0.05, 0.1) is 0 Å². The maximum atomic E-state index is 13.4. The minimum absolute atomic E-state index is 0.00415. The van der Waals surface area contributed by atoms with E-state index in [-0.39, 0.29) is 16.9 Å². The van der Waals surface area contributed by atoms with Crippen LogP contribution in [0.15, 0.2) is 39.5 Å². The number of rotatable bonds is 5. The molecule has 1 aromatic heterocycles. The van der Waals surface area contributed by atoms with Gasteiger partial charge in [-0.25, -0.2) is 0 Å². The average Bonchev–Trinajstić information content (AvgIpc) is 2.81. The number of phenols is 4. The summed E-state index contributed by atoms with van der Waals surface area (Å²) in [6, 6.07) is 5.32. The SMILES string of the molecule is CC(=O)OC[C@@H]1O[C@@H](Oc2c(-c3ccc(O)c(O)c3)oc3cc(O)cc(O)c3c2=O)[C@H](O)[C@@H](O)[C@H]1O. The van der Waals surface area contributed by atoms with E-state index in [4.69, 9.17) is 18.6 Å². The molecular formula is C23H22O13. The fourth-order valence-electron chi connectivity index (χ4n) is 3.70. The Balaban J connectivity index is 1.84. The molecule has 0 saturated carbocycles. The molecule has 0 amide bonds. The van der Waals surface area contributed by atoms with Crippen molar-refractivity contribution < 1.29 is 59.2 Å². The first-order valence-electron chi connectivity index (χ1n) is 10.5. The number of carbonyl (C=O) groups is 1. The van der Waals surface area contributed by atoms with Gasteiger partial charge in [-0.2, -0.15) is 0 Å². The highest BCUT2D eigenvalue weighted by Gasteiger charge is 2.46. The molecule has 0 aliphatic carbocycles. The molecule has 1 aliphatic heterocycles. The number of hydrogen-bond donors (Lipinski definition) is 7. The van der Waals surface area contributed by atoms with Crippen LogP contribution < -0.4 is 10.2 Å². The highest BCUT2D eigenvalue weighted by Crippen LogP contribution is 2.39. The van der Waals surface area contributed by atoms with Crippen molar-refractivity contribution in [3.8, 4) is 40.1 Å². The molecule has 192 valence electrons. The number of phenolic OH excluding ortho intramolecular Hbond substituents is 4. The summed E-state index contributed by atoms with van der Waals surface area (Å²) in [5.74, 6) is -3.84. The lowest BCUT2D eigenvalue weighted by Crippen LogP contribution is -2.60. The van der Waals surface area contributed by atoms with Crippen molar-refractivity contribution in [1.29, 1.82) is 0 Å². The van der Waals surface area contributed by atoms with Crippen LogP contribution in [-0.2, 0) is 14.3 Å². The molecule has 2 aromatic carbocycles. The Labute approximate surface area is 201 Å². The van der Waals surface area contributed by atoms with Crippen molar-refractivity contribution in [2.45, 2.75) is 37.6 Å². The van der Waals surface area contributed by atoms with E-state index in [0.29, 0.717) is 0 Å². The van der Waals surface area contributed by atoms with Crippen LogP contribution in [0.1, 0.15) is 6.92 Å². The molecule has 7 N–H and O–H groups in total. The lowest BCUT2D eigenvalue weighted by atomic mass is 9.99. The number of esters is 1. The Morgan fingerprint density at radius 2 is 1.67 bits per heavy atom. The number of ether oxygens (including phenoxy) is 3. The van der Waals surface area contributed by atoms with E-state index >= 15 is 0 Å². The molecule has 1 saturated heterocycles. The van der Waals surface area contributed by atoms with Crippen LogP contribution in [0.4, 0.5) is 0 Å². The first-order valence-corrected chi connectivity index (χ1v) is 10.5. The molecule has 0 unspecified atom stereocenters. The van der Waals surface area contributed by atoms with Gasteiger partial charge in [-0.05, 0) is 18.2 Å². The summed E-state index contributed by atoms with van der Waals surface area (Å²) in [6.45, 7) is 0.601. The Kier molecular flexibility index (Phi) is 6.65. The molecule has 2 heterocycles. The van der Waals surface area contributed by atoms with E-state index in [1.54, 1.807) is 0 Å². The lowest BCUT2D eigenvalue weighted by molar-refractivity contribution is -0.278. The van der Waals surface area contributed by atoms with Gasteiger partial charge in [0.1, 0.15) is 53.5 Å². The molecule has 0 spiro atoms. The third kappa shape index (κ3) is 4.59. The van der Waals surface area contributed by atoms with Gasteiger partial charge in [-0.3, -0.25) is 9.59 Å². The molecule has 13 heteroatoms. The van der Waals surface area contributed by atoms with Gasteiger partial charge in [0.25, 0.3) is 0 Å². The summed E-state index contributed by atoms with van der Waals surface area (Å²) in [5.41, 5.74) is -1.24. The van der Waals surface area contributed by atoms with Crippen LogP contribution in [0.2, 0.25) is 0 Å². The fraction of sp³-hybridized carbons (Fsp3) is 0.304. The molecule has 1 fully saturated rings. The largest absolute Gasteiger partial charge is 0.508 e. The van der Waals surface area contributed by atoms with Crippen LogP contribution in [0.5, 0.6) is 28.7 Å². The second-order valence-corrected chi connectivity index (χ2v) is 8.07. The smallest absolute Gasteiger partial charge is 0.302 e. The second kappa shape index (κ2) is 9.54. The molecule has 13 nitrogen and oxygen atoms in total. The van der Waals surface area contributed by atoms with Gasteiger partial charge in [-0.15, -0.1) is 0 Å². The standard InChI is InChI=1S/C23H22O13/c1-8(24)33-7-15-17(29)19(31)20(32)23(35-15)36-22-18(30)16-13(28)5-10(25)6-14(16)34-21(22)9-2-3-11(26)12(27)4-9/h2-6,15,17,19-20,23,25-29,31-32H,7H2,1H3/t15-,17-,19-,20+,23-/m0/s1. The zero-order chi connectivity index (χ0) is 26.3. The number of carbonyl (C=O) groups excluding carboxylic acids is 1. The Hall–Kier alpha value is -4.04. The van der Waals surface area contributed by atoms with Gasteiger partial charge in [0.2, 0.25) is 17.5 Å². The monoisotopic (exact) mass is 506 g/mol. The van der Waals surface area contributed by atoms with Crippen LogP contribution in [0.25, 0.3) is 22.3 Å². The summed E-state index contributed by atoms with van der Waals surface area (Å²) in [4.78, 5) is 24.5. The molecule has 5 atom stereocenters. The van der Waals surface area contributed by atoms with E-state index in [2.05, 4.69) is 0 Å². The van der Waals surface area contributed by atoms with Crippen molar-refractivity contribution in [2.75, 3.05) is 6.61 Å². The quantitative estimate of drug-likeness (QED) is 0.180. The molecule has 36 heavy (non-hydrogen) atoms. The lowest BCUT2D eigenvalue weighted by Gasteiger charge is -2.39. The zero-order valence-electron chi connectivity index (χ0n) is 18.6. The van der Waals surface area contributed by atoms with Gasteiger partial charge in [0, 0.05) is 24.6 Å². The number of aliphatic hydroxyl groups excluding tert-OH is 3. The number of aromatic hydroxyl groups is 4. The van der Waals surface area contributed by atoms with E-state index in [1.807, 2.05) is 0 Å². The molecule has 0 bridgehead atoms. The predicted molar refractivity (Wildman–Crippen MR) is 119 cm³/mol. The minimum Gasteiger partial charge on any atom is -0.508 e. The number of aliphatic hydroxyl groups is 3. The maximum absolute atomic E-state index is 13.4. The van der Waals surface area contributed by atoms with Crippen LogP contribution in [-0.4, -0.2) is 79.0 Å². The first-order chi connectivity index (χ1) is 17.0. The van der Waals surface area contributed by atoms with Crippen molar-refractivity contribution in [2.24, 2.45) is 0 Å². The average molecular weight is 506 g/mol. The number of benzene rings is 2. The summed E-state index contributed by atoms with van der Waals surface area (Å²) in [7, 11) is 0. The van der Waals surface area contributed by atoms with Crippen LogP contribution in [0, 0.1) is 0 Å². The van der Waals surface area contributed by atoms with Crippen molar-refractivity contribution in [1.82, 2.24) is 0 Å². The Morgan fingerprint density at radius 3 is 2.33 bits per heavy atom. The zero-order valence-corrected chi connectivity index (χ0v) is 18.6. The molecular weight excluding hydrogens is 484 g/mol. The summed E-state index contributed by atoms with van der Waals surface area (Å²) in [6.07, 6.45) is -8.54. The first kappa shape index (κ1) is 25.1. The van der Waals surface area contributed by atoms with E-state index in [1.165, 1.54) is 6.07 Å². The third-order valence-electron chi connectivity index (χ3n) is 5.51. The van der Waals surface area contributed by atoms with Crippen LogP contribution in [0.3, 0.4) is 0 Å². The third-order valence-corrected chi connectivity index (χ3v) is 5.51. The van der Waals surface area contributed by atoms with Crippen molar-refractivity contribution >= 4 is 16.9 Å². The topological polar surface area (TPSA) is 217 Å². The summed E-state index contributed by atoms with van der Waals surface area (Å²) in [5, 5.41) is 70.1. The predicted octanol–water partition coefficient (Wildman–Crippen LogP) is 0.0319.